The van der Waals surface area contributed by atoms with Gasteiger partial charge in [0.05, 0.1) is 11.7 Å². The number of allylic oxidation sites excluding steroid dienone is 1. The number of fused-ring (bicyclic) bond motifs is 2. The van der Waals surface area contributed by atoms with Crippen molar-refractivity contribution in [2.75, 3.05) is 9.80 Å². The highest BCUT2D eigenvalue weighted by atomic mass is 15.2. The van der Waals surface area contributed by atoms with E-state index >= 15 is 0 Å². The molecular formula is C42H40N2. The molecule has 0 saturated carbocycles. The van der Waals surface area contributed by atoms with Gasteiger partial charge in [-0.05, 0) is 100 Å². The fraction of sp³-hybridized carbons (Fsp3) is 0.190. The molecule has 5 aromatic carbocycles. The first kappa shape index (κ1) is 28.0. The molecule has 2 heteroatoms. The molecule has 0 saturated heterocycles. The summed E-state index contributed by atoms with van der Waals surface area (Å²) in [5, 5.41) is 0. The van der Waals surface area contributed by atoms with Crippen LogP contribution < -0.4 is 9.80 Å². The van der Waals surface area contributed by atoms with Crippen LogP contribution in [0.3, 0.4) is 0 Å². The van der Waals surface area contributed by atoms with Gasteiger partial charge in [0.2, 0.25) is 0 Å². The third-order valence-electron chi connectivity index (χ3n) is 9.22. The Morgan fingerprint density at radius 2 is 0.977 bits per heavy atom. The van der Waals surface area contributed by atoms with Gasteiger partial charge in [-0.3, -0.25) is 0 Å². The van der Waals surface area contributed by atoms with Crippen LogP contribution in [0.15, 0.2) is 139 Å². The molecule has 2 aliphatic carbocycles. The van der Waals surface area contributed by atoms with Crippen molar-refractivity contribution >= 4 is 28.4 Å². The van der Waals surface area contributed by atoms with E-state index in [9.17, 15) is 0 Å². The number of rotatable bonds is 6. The summed E-state index contributed by atoms with van der Waals surface area (Å²) in [7, 11) is 0. The first-order valence-corrected chi connectivity index (χ1v) is 15.8. The van der Waals surface area contributed by atoms with Gasteiger partial charge in [0.15, 0.2) is 0 Å². The van der Waals surface area contributed by atoms with Crippen molar-refractivity contribution < 1.29 is 0 Å². The van der Waals surface area contributed by atoms with E-state index in [0.717, 1.165) is 12.8 Å². The maximum absolute atomic E-state index is 2.58. The summed E-state index contributed by atoms with van der Waals surface area (Å²) in [5.41, 5.74) is 15.4. The second-order valence-corrected chi connectivity index (χ2v) is 12.4. The Kier molecular flexibility index (Phi) is 7.44. The summed E-state index contributed by atoms with van der Waals surface area (Å²) < 4.78 is 0. The van der Waals surface area contributed by atoms with Crippen molar-refractivity contribution in [2.45, 2.75) is 46.6 Å². The smallest absolute Gasteiger partial charge is 0.0698 e. The van der Waals surface area contributed by atoms with Crippen molar-refractivity contribution in [1.29, 1.82) is 0 Å². The quantitative estimate of drug-likeness (QED) is 0.187. The van der Waals surface area contributed by atoms with Crippen LogP contribution in [-0.2, 0) is 0 Å². The lowest BCUT2D eigenvalue weighted by molar-refractivity contribution is 0.535. The van der Waals surface area contributed by atoms with Gasteiger partial charge in [0.25, 0.3) is 0 Å². The highest BCUT2D eigenvalue weighted by Crippen LogP contribution is 2.53. The summed E-state index contributed by atoms with van der Waals surface area (Å²) in [6.45, 7) is 8.65. The van der Waals surface area contributed by atoms with Crippen LogP contribution >= 0.6 is 0 Å². The summed E-state index contributed by atoms with van der Waals surface area (Å²) in [6.07, 6.45) is 6.97. The minimum absolute atomic E-state index is 0.116. The zero-order valence-electron chi connectivity index (χ0n) is 26.2. The zero-order valence-corrected chi connectivity index (χ0v) is 26.2. The number of aryl methyl sites for hydroxylation is 4. The van der Waals surface area contributed by atoms with E-state index in [1.165, 1.54) is 67.4 Å². The van der Waals surface area contributed by atoms with Crippen LogP contribution in [0.5, 0.6) is 0 Å². The van der Waals surface area contributed by atoms with Gasteiger partial charge in [-0.1, -0.05) is 107 Å². The number of nitrogens with zero attached hydrogens (tertiary/aromatic N) is 2. The number of anilines is 4. The van der Waals surface area contributed by atoms with Crippen molar-refractivity contribution in [1.82, 2.24) is 0 Å². The van der Waals surface area contributed by atoms with E-state index in [4.69, 9.17) is 0 Å². The Bertz CT molecular complexity index is 1730. The molecule has 0 heterocycles. The van der Waals surface area contributed by atoms with Crippen molar-refractivity contribution in [3.05, 3.63) is 172 Å². The fourth-order valence-corrected chi connectivity index (χ4v) is 6.91. The Balaban J connectivity index is 1.49. The van der Waals surface area contributed by atoms with E-state index in [2.05, 4.69) is 171 Å². The normalized spacial score (nSPS) is 17.2. The minimum Gasteiger partial charge on any atom is -0.333 e. The molecule has 2 nitrogen and oxygen atoms in total. The largest absolute Gasteiger partial charge is 0.333 e. The van der Waals surface area contributed by atoms with E-state index in [1.54, 1.807) is 0 Å². The first-order valence-electron chi connectivity index (χ1n) is 15.8. The lowest BCUT2D eigenvalue weighted by atomic mass is 9.72. The van der Waals surface area contributed by atoms with Crippen LogP contribution in [0.1, 0.15) is 52.3 Å². The molecule has 0 N–H and O–H groups in total. The lowest BCUT2D eigenvalue weighted by Gasteiger charge is -2.46. The van der Waals surface area contributed by atoms with Crippen LogP contribution in [0.2, 0.25) is 0 Å². The molecule has 0 bridgehead atoms. The molecular weight excluding hydrogens is 532 g/mol. The second kappa shape index (κ2) is 11.7. The van der Waals surface area contributed by atoms with Crippen LogP contribution in [-0.4, -0.2) is 0 Å². The summed E-state index contributed by atoms with van der Waals surface area (Å²) in [4.78, 5) is 5.09. The molecule has 0 radical (unpaired) electrons. The standard InChI is InChI=1S/C42H40N2/c1-29-13-21-33(22-14-29)43(34-23-15-30(2)16-24-34)41-37-9-5-7-11-39(37)42(40-12-8-6-10-38(40)41)44(35-25-17-31(3)18-26-35)36-27-19-32(4)20-28-36/h5-7,9-11,13-28,38,41H,8,12H2,1-4H3. The topological polar surface area (TPSA) is 6.48 Å². The Morgan fingerprint density at radius 3 is 1.48 bits per heavy atom. The number of benzene rings is 5. The number of hydrogen-bond acceptors (Lipinski definition) is 2. The monoisotopic (exact) mass is 572 g/mol. The summed E-state index contributed by atoms with van der Waals surface area (Å²) in [6, 6.07) is 45.3. The third kappa shape index (κ3) is 5.15. The molecule has 5 aromatic rings. The van der Waals surface area contributed by atoms with Gasteiger partial charge < -0.3 is 9.80 Å². The van der Waals surface area contributed by atoms with Crippen molar-refractivity contribution in [3.8, 4) is 0 Å². The highest BCUT2D eigenvalue weighted by molar-refractivity contribution is 5.92. The SMILES string of the molecule is Cc1ccc(N(C2=C3CCC=CC3C(N(c3ccc(C)cc3)c3ccc(C)cc3)c3ccccc32)c2ccc(C)cc2)cc1. The van der Waals surface area contributed by atoms with Gasteiger partial charge >= 0.3 is 0 Å². The van der Waals surface area contributed by atoms with E-state index in [0.29, 0.717) is 0 Å². The van der Waals surface area contributed by atoms with E-state index in [-0.39, 0.29) is 12.0 Å². The molecule has 218 valence electrons. The molecule has 44 heavy (non-hydrogen) atoms. The second-order valence-electron chi connectivity index (χ2n) is 12.4. The Labute approximate surface area is 262 Å². The minimum atomic E-state index is 0.116. The predicted molar refractivity (Wildman–Crippen MR) is 187 cm³/mol. The van der Waals surface area contributed by atoms with Gasteiger partial charge in [-0.25, -0.2) is 0 Å². The Morgan fingerprint density at radius 1 is 0.523 bits per heavy atom. The maximum atomic E-state index is 2.58. The zero-order chi connectivity index (χ0) is 30.2. The molecule has 0 aliphatic heterocycles. The average Bonchev–Trinajstić information content (AvgIpc) is 3.05. The fourth-order valence-electron chi connectivity index (χ4n) is 6.91. The number of hydrogen-bond donors (Lipinski definition) is 0. The Hall–Kier alpha value is -4.82. The summed E-state index contributed by atoms with van der Waals surface area (Å²) >= 11 is 0. The van der Waals surface area contributed by atoms with Crippen LogP contribution in [0, 0.1) is 33.6 Å². The van der Waals surface area contributed by atoms with E-state index in [1.807, 2.05) is 0 Å². The van der Waals surface area contributed by atoms with Gasteiger partial charge in [-0.2, -0.15) is 0 Å². The van der Waals surface area contributed by atoms with Crippen molar-refractivity contribution in [2.24, 2.45) is 5.92 Å². The molecule has 0 spiro atoms. The highest BCUT2D eigenvalue weighted by Gasteiger charge is 2.41. The predicted octanol–water partition coefficient (Wildman–Crippen LogP) is 11.3. The first-order chi connectivity index (χ1) is 21.5. The molecule has 2 aliphatic rings. The molecule has 0 aromatic heterocycles. The molecule has 7 rings (SSSR count). The summed E-state index contributed by atoms with van der Waals surface area (Å²) in [5.74, 6) is 0.217. The van der Waals surface area contributed by atoms with Gasteiger partial charge in [0.1, 0.15) is 0 Å². The molecule has 0 amide bonds. The van der Waals surface area contributed by atoms with Crippen molar-refractivity contribution in [3.63, 3.8) is 0 Å². The van der Waals surface area contributed by atoms with Gasteiger partial charge in [0, 0.05) is 34.2 Å². The van der Waals surface area contributed by atoms with Crippen LogP contribution in [0.4, 0.5) is 22.7 Å². The third-order valence-corrected chi connectivity index (χ3v) is 9.22. The van der Waals surface area contributed by atoms with Crippen LogP contribution in [0.25, 0.3) is 5.70 Å². The molecule has 2 atom stereocenters. The average molecular weight is 573 g/mol. The lowest BCUT2D eigenvalue weighted by Crippen LogP contribution is -2.37. The molecule has 0 fully saturated rings. The van der Waals surface area contributed by atoms with E-state index < -0.39 is 0 Å². The maximum Gasteiger partial charge on any atom is 0.0698 e. The van der Waals surface area contributed by atoms with Gasteiger partial charge in [-0.15, -0.1) is 0 Å². The molecule has 2 unspecified atom stereocenters.